The molecule has 4 nitrogen and oxygen atoms in total. The molecule has 0 spiro atoms. The van der Waals surface area contributed by atoms with E-state index in [2.05, 4.69) is 30.3 Å². The van der Waals surface area contributed by atoms with Crippen molar-refractivity contribution in [1.82, 2.24) is 5.16 Å². The van der Waals surface area contributed by atoms with Crippen molar-refractivity contribution < 1.29 is 14.0 Å². The Balaban J connectivity index is 1.47. The third-order valence-electron chi connectivity index (χ3n) is 4.81. The first-order valence-corrected chi connectivity index (χ1v) is 9.80. The summed E-state index contributed by atoms with van der Waals surface area (Å²) in [6.45, 7) is 4.94. The first-order chi connectivity index (χ1) is 11.7. The van der Waals surface area contributed by atoms with Crippen LogP contribution in [-0.2, 0) is 16.9 Å². The molecule has 1 fully saturated rings. The van der Waals surface area contributed by atoms with Gasteiger partial charge in [-0.25, -0.2) is 0 Å². The number of benzene rings is 1. The van der Waals surface area contributed by atoms with Crippen LogP contribution < -0.4 is 4.74 Å². The van der Waals surface area contributed by atoms with Crippen molar-refractivity contribution in [3.63, 3.8) is 0 Å². The molecular formula is C19H23NO3S. The van der Waals surface area contributed by atoms with Gasteiger partial charge in [-0.2, -0.15) is 11.8 Å². The van der Waals surface area contributed by atoms with Crippen LogP contribution in [-0.4, -0.2) is 29.7 Å². The second kappa shape index (κ2) is 6.81. The highest BCUT2D eigenvalue weighted by atomic mass is 32.2. The third kappa shape index (κ3) is 3.20. The Hall–Kier alpha value is -1.46. The summed E-state index contributed by atoms with van der Waals surface area (Å²) in [5.74, 6) is 3.78. The number of aryl methyl sites for hydroxylation is 1. The summed E-state index contributed by atoms with van der Waals surface area (Å²) in [7, 11) is 0. The monoisotopic (exact) mass is 345 g/mol. The van der Waals surface area contributed by atoms with Crippen LogP contribution in [0.2, 0.25) is 0 Å². The standard InChI is InChI=1S/C19H23NO3S/c1-12-3-6-16(22-12)10-24-11-17-13(2)20-23-19(17)15-5-4-14-7-8-21-18(14)9-15/h4-5,9,12,16H,3,6-8,10-11H2,1-2H3. The molecule has 3 heterocycles. The van der Waals surface area contributed by atoms with Crippen LogP contribution in [0.5, 0.6) is 5.75 Å². The van der Waals surface area contributed by atoms with Crippen LogP contribution >= 0.6 is 11.8 Å². The van der Waals surface area contributed by atoms with E-state index in [9.17, 15) is 0 Å². The summed E-state index contributed by atoms with van der Waals surface area (Å²) in [6.07, 6.45) is 4.15. The molecule has 2 aliphatic rings. The fourth-order valence-electron chi connectivity index (χ4n) is 3.39. The van der Waals surface area contributed by atoms with Gasteiger partial charge in [0.05, 0.1) is 24.5 Å². The largest absolute Gasteiger partial charge is 0.493 e. The molecule has 1 saturated heterocycles. The zero-order chi connectivity index (χ0) is 16.5. The molecule has 0 amide bonds. The molecule has 1 aromatic heterocycles. The molecule has 0 aliphatic carbocycles. The fraction of sp³-hybridized carbons (Fsp3) is 0.526. The minimum absolute atomic E-state index is 0.391. The van der Waals surface area contributed by atoms with Crippen molar-refractivity contribution in [2.75, 3.05) is 12.4 Å². The van der Waals surface area contributed by atoms with Gasteiger partial charge in [-0.1, -0.05) is 17.3 Å². The number of aromatic nitrogens is 1. The van der Waals surface area contributed by atoms with Crippen LogP contribution in [0.3, 0.4) is 0 Å². The summed E-state index contributed by atoms with van der Waals surface area (Å²) < 4.78 is 17.2. The van der Waals surface area contributed by atoms with Crippen LogP contribution in [0.15, 0.2) is 22.7 Å². The second-order valence-electron chi connectivity index (χ2n) is 6.66. The molecule has 1 aromatic carbocycles. The molecule has 0 saturated carbocycles. The third-order valence-corrected chi connectivity index (χ3v) is 5.91. The van der Waals surface area contributed by atoms with Gasteiger partial charge < -0.3 is 14.0 Å². The summed E-state index contributed by atoms with van der Waals surface area (Å²) in [4.78, 5) is 0. The minimum atomic E-state index is 0.391. The Kier molecular flexibility index (Phi) is 4.55. The average molecular weight is 345 g/mol. The lowest BCUT2D eigenvalue weighted by atomic mass is 10.0. The van der Waals surface area contributed by atoms with Gasteiger partial charge in [0, 0.05) is 29.1 Å². The number of hydrogen-bond acceptors (Lipinski definition) is 5. The van der Waals surface area contributed by atoms with Crippen LogP contribution in [0.1, 0.15) is 36.6 Å². The Morgan fingerprint density at radius 3 is 3.04 bits per heavy atom. The van der Waals surface area contributed by atoms with Crippen LogP contribution in [0.4, 0.5) is 0 Å². The van der Waals surface area contributed by atoms with Crippen molar-refractivity contribution >= 4 is 11.8 Å². The number of ether oxygens (including phenoxy) is 2. The Morgan fingerprint density at radius 1 is 1.29 bits per heavy atom. The highest BCUT2D eigenvalue weighted by Crippen LogP contribution is 2.35. The van der Waals surface area contributed by atoms with Crippen molar-refractivity contribution in [1.29, 1.82) is 0 Å². The van der Waals surface area contributed by atoms with E-state index in [1.165, 1.54) is 24.0 Å². The van der Waals surface area contributed by atoms with Gasteiger partial charge in [0.1, 0.15) is 5.75 Å². The molecule has 0 N–H and O–H groups in total. The van der Waals surface area contributed by atoms with Crippen molar-refractivity contribution in [3.8, 4) is 17.1 Å². The first-order valence-electron chi connectivity index (χ1n) is 8.65. The van der Waals surface area contributed by atoms with E-state index >= 15 is 0 Å². The fourth-order valence-corrected chi connectivity index (χ4v) is 4.56. The molecule has 2 aliphatic heterocycles. The average Bonchev–Trinajstić information content (AvgIpc) is 3.28. The minimum Gasteiger partial charge on any atom is -0.493 e. The molecule has 128 valence electrons. The van der Waals surface area contributed by atoms with E-state index in [4.69, 9.17) is 14.0 Å². The highest BCUT2D eigenvalue weighted by molar-refractivity contribution is 7.98. The molecule has 2 aromatic rings. The highest BCUT2D eigenvalue weighted by Gasteiger charge is 2.23. The maximum atomic E-state index is 5.90. The quantitative estimate of drug-likeness (QED) is 0.804. The summed E-state index contributed by atoms with van der Waals surface area (Å²) >= 11 is 1.90. The second-order valence-corrected chi connectivity index (χ2v) is 7.69. The Labute approximate surface area is 146 Å². The summed E-state index contributed by atoms with van der Waals surface area (Å²) in [6, 6.07) is 6.34. The predicted octanol–water partition coefficient (Wildman–Crippen LogP) is 4.39. The van der Waals surface area contributed by atoms with Crippen molar-refractivity contribution in [3.05, 3.63) is 35.0 Å². The molecule has 24 heavy (non-hydrogen) atoms. The van der Waals surface area contributed by atoms with Gasteiger partial charge in [-0.3, -0.25) is 0 Å². The van der Waals surface area contributed by atoms with E-state index in [1.807, 2.05) is 18.7 Å². The topological polar surface area (TPSA) is 44.5 Å². The molecule has 4 rings (SSSR count). The van der Waals surface area contributed by atoms with E-state index in [-0.39, 0.29) is 0 Å². The zero-order valence-corrected chi connectivity index (χ0v) is 15.0. The van der Waals surface area contributed by atoms with Gasteiger partial charge in [0.2, 0.25) is 0 Å². The van der Waals surface area contributed by atoms with Gasteiger partial charge in [0.25, 0.3) is 0 Å². The normalized spacial score (nSPS) is 22.6. The van der Waals surface area contributed by atoms with Gasteiger partial charge >= 0.3 is 0 Å². The molecule has 2 atom stereocenters. The smallest absolute Gasteiger partial charge is 0.171 e. The Bertz CT molecular complexity index is 727. The first kappa shape index (κ1) is 16.0. The van der Waals surface area contributed by atoms with E-state index < -0.39 is 0 Å². The van der Waals surface area contributed by atoms with E-state index in [1.54, 1.807) is 0 Å². The van der Waals surface area contributed by atoms with Gasteiger partial charge in [0.15, 0.2) is 5.76 Å². The van der Waals surface area contributed by atoms with Crippen LogP contribution in [0.25, 0.3) is 11.3 Å². The SMILES string of the molecule is Cc1noc(-c2ccc3c(c2)OCC3)c1CSCC1CCC(C)O1. The molecule has 0 bridgehead atoms. The van der Waals surface area contributed by atoms with Gasteiger partial charge in [-0.15, -0.1) is 0 Å². The maximum absolute atomic E-state index is 5.90. The number of fused-ring (bicyclic) bond motifs is 1. The predicted molar refractivity (Wildman–Crippen MR) is 95.6 cm³/mol. The van der Waals surface area contributed by atoms with E-state index in [0.29, 0.717) is 12.2 Å². The summed E-state index contributed by atoms with van der Waals surface area (Å²) in [5, 5.41) is 4.19. The lowest BCUT2D eigenvalue weighted by molar-refractivity contribution is 0.0700. The molecule has 0 radical (unpaired) electrons. The number of hydrogen-bond donors (Lipinski definition) is 0. The maximum Gasteiger partial charge on any atom is 0.171 e. The Morgan fingerprint density at radius 2 is 2.21 bits per heavy atom. The molecule has 5 heteroatoms. The number of rotatable bonds is 5. The lowest BCUT2D eigenvalue weighted by Gasteiger charge is -2.10. The summed E-state index contributed by atoms with van der Waals surface area (Å²) in [5.41, 5.74) is 4.49. The molecule has 2 unspecified atom stereocenters. The zero-order valence-electron chi connectivity index (χ0n) is 14.2. The number of thioether (sulfide) groups is 1. The molecular weight excluding hydrogens is 322 g/mol. The van der Waals surface area contributed by atoms with E-state index in [0.717, 1.165) is 47.3 Å². The van der Waals surface area contributed by atoms with Crippen LogP contribution in [0, 0.1) is 6.92 Å². The van der Waals surface area contributed by atoms with Gasteiger partial charge in [-0.05, 0) is 38.3 Å². The number of nitrogens with zero attached hydrogens (tertiary/aromatic N) is 1. The van der Waals surface area contributed by atoms with Crippen molar-refractivity contribution in [2.24, 2.45) is 0 Å². The lowest BCUT2D eigenvalue weighted by Crippen LogP contribution is -2.11. The van der Waals surface area contributed by atoms with Crippen molar-refractivity contribution in [2.45, 2.75) is 51.1 Å².